The summed E-state index contributed by atoms with van der Waals surface area (Å²) in [6.07, 6.45) is 0. The van der Waals surface area contributed by atoms with Crippen molar-refractivity contribution in [2.75, 3.05) is 20.0 Å². The van der Waals surface area contributed by atoms with Crippen LogP contribution in [0.25, 0.3) is 0 Å². The molecule has 0 radical (unpaired) electrons. The molecule has 0 aliphatic carbocycles. The molecule has 0 spiro atoms. The molecule has 0 bridgehead atoms. The van der Waals surface area contributed by atoms with Gasteiger partial charge in [-0.25, -0.2) is 5.48 Å². The van der Waals surface area contributed by atoms with Crippen LogP contribution in [0.4, 0.5) is 5.69 Å². The van der Waals surface area contributed by atoms with Gasteiger partial charge in [0.2, 0.25) is 0 Å². The van der Waals surface area contributed by atoms with Gasteiger partial charge in [0.25, 0.3) is 5.91 Å². The van der Waals surface area contributed by atoms with E-state index >= 15 is 0 Å². The molecule has 0 unspecified atom stereocenters. The minimum atomic E-state index is -0.342. The molecular weight excluding hydrogens is 184 g/mol. The number of amides is 1. The fourth-order valence-electron chi connectivity index (χ4n) is 1.00. The van der Waals surface area contributed by atoms with Crippen LogP contribution in [0.3, 0.4) is 0 Å². The van der Waals surface area contributed by atoms with Crippen molar-refractivity contribution in [1.82, 2.24) is 5.48 Å². The minimum Gasteiger partial charge on any atom is -0.495 e. The highest BCUT2D eigenvalue weighted by molar-refractivity contribution is 5.94. The van der Waals surface area contributed by atoms with Gasteiger partial charge >= 0.3 is 0 Å². The van der Waals surface area contributed by atoms with Crippen molar-refractivity contribution in [2.45, 2.75) is 0 Å². The van der Waals surface area contributed by atoms with Gasteiger partial charge in [-0.1, -0.05) is 0 Å². The van der Waals surface area contributed by atoms with Crippen LogP contribution in [0.15, 0.2) is 18.2 Å². The van der Waals surface area contributed by atoms with E-state index in [-0.39, 0.29) is 5.91 Å². The molecule has 0 atom stereocenters. The van der Waals surface area contributed by atoms with Crippen LogP contribution in [0, 0.1) is 0 Å². The Morgan fingerprint density at radius 2 is 2.14 bits per heavy atom. The van der Waals surface area contributed by atoms with Gasteiger partial charge in [0.1, 0.15) is 5.75 Å². The van der Waals surface area contributed by atoms with E-state index in [0.717, 1.165) is 0 Å². The van der Waals surface area contributed by atoms with Crippen molar-refractivity contribution in [3.05, 3.63) is 23.8 Å². The van der Waals surface area contributed by atoms with Crippen LogP contribution in [-0.4, -0.2) is 20.1 Å². The van der Waals surface area contributed by atoms with E-state index in [9.17, 15) is 4.79 Å². The third-order valence-electron chi connectivity index (χ3n) is 1.69. The van der Waals surface area contributed by atoms with Crippen molar-refractivity contribution in [3.8, 4) is 5.75 Å². The Bertz CT molecular complexity index is 339. The second kappa shape index (κ2) is 4.48. The van der Waals surface area contributed by atoms with E-state index < -0.39 is 0 Å². The SMILES string of the molecule is CONC(=O)c1ccc(N)c(OC)c1. The Kier molecular flexibility index (Phi) is 3.30. The number of benzene rings is 1. The van der Waals surface area contributed by atoms with Crippen molar-refractivity contribution in [2.24, 2.45) is 0 Å². The van der Waals surface area contributed by atoms with Crippen molar-refractivity contribution >= 4 is 11.6 Å². The monoisotopic (exact) mass is 196 g/mol. The average molecular weight is 196 g/mol. The first kappa shape index (κ1) is 10.3. The maximum absolute atomic E-state index is 11.3. The maximum Gasteiger partial charge on any atom is 0.274 e. The Hall–Kier alpha value is -1.75. The number of carbonyl (C=O) groups excluding carboxylic acids is 1. The normalized spacial score (nSPS) is 9.57. The molecule has 0 saturated heterocycles. The van der Waals surface area contributed by atoms with Gasteiger partial charge in [-0.15, -0.1) is 0 Å². The number of hydroxylamine groups is 1. The van der Waals surface area contributed by atoms with E-state index in [4.69, 9.17) is 10.5 Å². The van der Waals surface area contributed by atoms with Crippen LogP contribution < -0.4 is 16.0 Å². The first-order valence-electron chi connectivity index (χ1n) is 3.96. The second-order valence-electron chi connectivity index (χ2n) is 2.59. The highest BCUT2D eigenvalue weighted by Crippen LogP contribution is 2.21. The lowest BCUT2D eigenvalue weighted by molar-refractivity contribution is 0.0537. The predicted molar refractivity (Wildman–Crippen MR) is 51.9 cm³/mol. The van der Waals surface area contributed by atoms with Gasteiger partial charge in [0.05, 0.1) is 19.9 Å². The van der Waals surface area contributed by atoms with Crippen LogP contribution >= 0.6 is 0 Å². The topological polar surface area (TPSA) is 73.6 Å². The Morgan fingerprint density at radius 1 is 1.43 bits per heavy atom. The first-order valence-corrected chi connectivity index (χ1v) is 3.96. The van der Waals surface area contributed by atoms with Gasteiger partial charge in [-0.2, -0.15) is 0 Å². The quantitative estimate of drug-likeness (QED) is 0.547. The molecule has 1 aromatic rings. The van der Waals surface area contributed by atoms with Crippen LogP contribution in [0.1, 0.15) is 10.4 Å². The van der Waals surface area contributed by atoms with Gasteiger partial charge in [0.15, 0.2) is 0 Å². The number of rotatable bonds is 3. The van der Waals surface area contributed by atoms with Gasteiger partial charge in [0, 0.05) is 5.56 Å². The highest BCUT2D eigenvalue weighted by atomic mass is 16.6. The molecule has 0 aromatic heterocycles. The number of carbonyl (C=O) groups is 1. The number of nitrogens with two attached hydrogens (primary N) is 1. The van der Waals surface area contributed by atoms with E-state index in [1.54, 1.807) is 18.2 Å². The number of nitrogens with one attached hydrogen (secondary N) is 1. The molecule has 1 aromatic carbocycles. The molecule has 1 amide bonds. The zero-order chi connectivity index (χ0) is 10.6. The molecule has 0 aliphatic rings. The van der Waals surface area contributed by atoms with Gasteiger partial charge in [-0.3, -0.25) is 9.63 Å². The summed E-state index contributed by atoms with van der Waals surface area (Å²) in [5.74, 6) is 0.125. The minimum absolute atomic E-state index is 0.342. The molecule has 0 heterocycles. The third kappa shape index (κ3) is 2.14. The van der Waals surface area contributed by atoms with E-state index in [1.807, 2.05) is 0 Å². The molecule has 1 rings (SSSR count). The zero-order valence-electron chi connectivity index (χ0n) is 8.03. The number of methoxy groups -OCH3 is 1. The standard InChI is InChI=1S/C9H12N2O3/c1-13-8-5-6(3-4-7(8)10)9(12)11-14-2/h3-5H,10H2,1-2H3,(H,11,12). The molecule has 0 saturated carbocycles. The lowest BCUT2D eigenvalue weighted by atomic mass is 10.2. The zero-order valence-corrected chi connectivity index (χ0v) is 8.03. The van der Waals surface area contributed by atoms with Gasteiger partial charge < -0.3 is 10.5 Å². The first-order chi connectivity index (χ1) is 6.69. The molecule has 14 heavy (non-hydrogen) atoms. The summed E-state index contributed by atoms with van der Waals surface area (Å²) in [5, 5.41) is 0. The van der Waals surface area contributed by atoms with E-state index in [1.165, 1.54) is 14.2 Å². The van der Waals surface area contributed by atoms with Crippen molar-refractivity contribution in [1.29, 1.82) is 0 Å². The van der Waals surface area contributed by atoms with E-state index in [0.29, 0.717) is 17.0 Å². The largest absolute Gasteiger partial charge is 0.495 e. The fraction of sp³-hybridized carbons (Fsp3) is 0.222. The Balaban J connectivity index is 2.94. The predicted octanol–water partition coefficient (Wildman–Crippen LogP) is 0.569. The highest BCUT2D eigenvalue weighted by Gasteiger charge is 2.07. The average Bonchev–Trinajstić information content (AvgIpc) is 2.19. The summed E-state index contributed by atoms with van der Waals surface area (Å²) in [7, 11) is 2.86. The number of hydrogen-bond acceptors (Lipinski definition) is 4. The molecule has 0 aliphatic heterocycles. The summed E-state index contributed by atoms with van der Waals surface area (Å²) in [6.45, 7) is 0. The summed E-state index contributed by atoms with van der Waals surface area (Å²) < 4.78 is 4.97. The van der Waals surface area contributed by atoms with Gasteiger partial charge in [-0.05, 0) is 18.2 Å². The molecule has 5 nitrogen and oxygen atoms in total. The van der Waals surface area contributed by atoms with Crippen LogP contribution in [0.2, 0.25) is 0 Å². The third-order valence-corrected chi connectivity index (χ3v) is 1.69. The Morgan fingerprint density at radius 3 is 2.71 bits per heavy atom. The lowest BCUT2D eigenvalue weighted by Gasteiger charge is -2.06. The smallest absolute Gasteiger partial charge is 0.274 e. The number of hydrogen-bond donors (Lipinski definition) is 2. The van der Waals surface area contributed by atoms with Crippen molar-refractivity contribution in [3.63, 3.8) is 0 Å². The Labute approximate surface area is 81.8 Å². The molecule has 76 valence electrons. The van der Waals surface area contributed by atoms with Crippen LogP contribution in [-0.2, 0) is 4.84 Å². The summed E-state index contributed by atoms with van der Waals surface area (Å²) >= 11 is 0. The maximum atomic E-state index is 11.3. The molecular formula is C9H12N2O3. The second-order valence-corrected chi connectivity index (χ2v) is 2.59. The number of anilines is 1. The summed E-state index contributed by atoms with van der Waals surface area (Å²) in [4.78, 5) is 15.8. The van der Waals surface area contributed by atoms with E-state index in [2.05, 4.69) is 10.3 Å². The molecule has 5 heteroatoms. The summed E-state index contributed by atoms with van der Waals surface area (Å²) in [6, 6.07) is 4.74. The van der Waals surface area contributed by atoms with Crippen LogP contribution in [0.5, 0.6) is 5.75 Å². The molecule has 3 N–H and O–H groups in total. The fourth-order valence-corrected chi connectivity index (χ4v) is 1.00. The number of ether oxygens (including phenoxy) is 1. The van der Waals surface area contributed by atoms with Crippen molar-refractivity contribution < 1.29 is 14.4 Å². The summed E-state index contributed by atoms with van der Waals surface area (Å²) in [5.41, 5.74) is 8.70. The lowest BCUT2D eigenvalue weighted by Crippen LogP contribution is -2.21. The molecule has 0 fully saturated rings. The number of nitrogen functional groups attached to an aromatic ring is 1.